The Kier molecular flexibility index (Phi) is 5.36. The van der Waals surface area contributed by atoms with Gasteiger partial charge in [-0.05, 0) is 23.8 Å². The van der Waals surface area contributed by atoms with E-state index in [2.05, 4.69) is 38.5 Å². The Morgan fingerprint density at radius 2 is 2.21 bits per heavy atom. The molecule has 1 atom stereocenters. The lowest BCUT2D eigenvalue weighted by Crippen LogP contribution is -2.45. The van der Waals surface area contributed by atoms with E-state index in [9.17, 15) is 0 Å². The number of aromatic nitrogens is 3. The van der Waals surface area contributed by atoms with Gasteiger partial charge in [0.1, 0.15) is 0 Å². The van der Waals surface area contributed by atoms with Gasteiger partial charge in [0.15, 0.2) is 0 Å². The van der Waals surface area contributed by atoms with E-state index in [0.717, 1.165) is 42.7 Å². The van der Waals surface area contributed by atoms with Crippen molar-refractivity contribution in [3.8, 4) is 0 Å². The van der Waals surface area contributed by atoms with Crippen molar-refractivity contribution < 1.29 is 0 Å². The highest BCUT2D eigenvalue weighted by Crippen LogP contribution is 2.26. The zero-order valence-corrected chi connectivity index (χ0v) is 14.7. The quantitative estimate of drug-likeness (QED) is 0.776. The third-order valence-electron chi connectivity index (χ3n) is 4.24. The average molecular weight is 364 g/mol. The Hall–Kier alpha value is -1.66. The maximum Gasteiger partial charge on any atom is 0.233 e. The van der Waals surface area contributed by atoms with Gasteiger partial charge in [-0.1, -0.05) is 23.7 Å². The molecule has 24 heavy (non-hydrogen) atoms. The molecule has 3 aromatic rings. The number of imidazole rings is 1. The molecule has 4 rings (SSSR count). The van der Waals surface area contributed by atoms with Gasteiger partial charge in [-0.25, -0.2) is 9.97 Å². The second-order valence-corrected chi connectivity index (χ2v) is 6.24. The van der Waals surface area contributed by atoms with E-state index in [0.29, 0.717) is 6.04 Å². The third-order valence-corrected chi connectivity index (χ3v) is 4.47. The molecule has 0 amide bonds. The molecule has 126 valence electrons. The summed E-state index contributed by atoms with van der Waals surface area (Å²) in [4.78, 5) is 11.4. The van der Waals surface area contributed by atoms with Crippen molar-refractivity contribution in [3.63, 3.8) is 0 Å². The van der Waals surface area contributed by atoms with Crippen LogP contribution in [0.15, 0.2) is 48.9 Å². The van der Waals surface area contributed by atoms with E-state index in [1.807, 2.05) is 28.8 Å². The van der Waals surface area contributed by atoms with Crippen LogP contribution in [0.3, 0.4) is 0 Å². The minimum absolute atomic E-state index is 0. The number of hydrogen-bond donors (Lipinski definition) is 1. The van der Waals surface area contributed by atoms with E-state index >= 15 is 0 Å². The van der Waals surface area contributed by atoms with Gasteiger partial charge in [0.05, 0.1) is 5.69 Å². The fourth-order valence-corrected chi connectivity index (χ4v) is 3.34. The molecule has 1 aliphatic heterocycles. The molecule has 2 aromatic heterocycles. The lowest BCUT2D eigenvalue weighted by atomic mass is 10.0. The summed E-state index contributed by atoms with van der Waals surface area (Å²) in [5.41, 5.74) is 2.28. The second-order valence-electron chi connectivity index (χ2n) is 5.80. The number of hydrogen-bond acceptors (Lipinski definition) is 4. The van der Waals surface area contributed by atoms with Gasteiger partial charge >= 0.3 is 0 Å². The Morgan fingerprint density at radius 3 is 3.04 bits per heavy atom. The van der Waals surface area contributed by atoms with Crippen molar-refractivity contribution in [2.45, 2.75) is 12.6 Å². The van der Waals surface area contributed by atoms with Crippen LogP contribution in [0.1, 0.15) is 17.3 Å². The number of nitrogens with zero attached hydrogens (tertiary/aromatic N) is 4. The van der Waals surface area contributed by atoms with Crippen LogP contribution in [0.4, 0.5) is 0 Å². The highest BCUT2D eigenvalue weighted by Gasteiger charge is 2.24. The maximum absolute atomic E-state index is 6.16. The molecule has 0 saturated carbocycles. The van der Waals surface area contributed by atoms with Crippen LogP contribution in [0, 0.1) is 0 Å². The molecule has 0 spiro atoms. The van der Waals surface area contributed by atoms with Crippen LogP contribution in [-0.4, -0.2) is 38.9 Å². The summed E-state index contributed by atoms with van der Waals surface area (Å²) < 4.78 is 1.96. The first-order chi connectivity index (χ1) is 11.3. The molecule has 1 aromatic carbocycles. The first kappa shape index (κ1) is 17.2. The van der Waals surface area contributed by atoms with Gasteiger partial charge in [0.25, 0.3) is 0 Å². The molecule has 0 radical (unpaired) electrons. The summed E-state index contributed by atoms with van der Waals surface area (Å²) in [5.74, 6) is 0.747. The van der Waals surface area contributed by atoms with Crippen molar-refractivity contribution in [1.82, 2.24) is 24.6 Å². The van der Waals surface area contributed by atoms with Crippen molar-refractivity contribution in [3.05, 3.63) is 65.2 Å². The number of nitrogens with one attached hydrogen (secondary N) is 1. The van der Waals surface area contributed by atoms with Crippen LogP contribution >= 0.6 is 24.0 Å². The van der Waals surface area contributed by atoms with E-state index in [-0.39, 0.29) is 12.4 Å². The molecular weight excluding hydrogens is 345 g/mol. The van der Waals surface area contributed by atoms with Crippen molar-refractivity contribution in [1.29, 1.82) is 0 Å². The van der Waals surface area contributed by atoms with Crippen LogP contribution < -0.4 is 5.32 Å². The Labute approximate surface area is 152 Å². The highest BCUT2D eigenvalue weighted by molar-refractivity contribution is 6.30. The molecule has 1 saturated heterocycles. The molecule has 7 heteroatoms. The van der Waals surface area contributed by atoms with Crippen molar-refractivity contribution in [2.24, 2.45) is 0 Å². The Bertz CT molecular complexity index is 786. The third kappa shape index (κ3) is 3.54. The molecule has 1 N–H and O–H groups in total. The van der Waals surface area contributed by atoms with Gasteiger partial charge in [-0.2, -0.15) is 0 Å². The van der Waals surface area contributed by atoms with E-state index in [1.54, 1.807) is 6.20 Å². The van der Waals surface area contributed by atoms with Gasteiger partial charge in [-0.15, -0.1) is 12.4 Å². The Morgan fingerprint density at radius 1 is 1.29 bits per heavy atom. The van der Waals surface area contributed by atoms with E-state index in [1.165, 1.54) is 5.56 Å². The zero-order valence-electron chi connectivity index (χ0n) is 13.1. The molecule has 1 aliphatic rings. The monoisotopic (exact) mass is 363 g/mol. The largest absolute Gasteiger partial charge is 0.314 e. The number of fused-ring (bicyclic) bond motifs is 1. The number of rotatable bonds is 3. The Balaban J connectivity index is 0.00000169. The topological polar surface area (TPSA) is 45.5 Å². The molecule has 1 unspecified atom stereocenters. The summed E-state index contributed by atoms with van der Waals surface area (Å²) in [6.45, 7) is 3.70. The van der Waals surface area contributed by atoms with Gasteiger partial charge in [0.2, 0.25) is 5.78 Å². The normalized spacial score (nSPS) is 18.5. The minimum atomic E-state index is 0. The van der Waals surface area contributed by atoms with Crippen LogP contribution in [-0.2, 0) is 6.54 Å². The second kappa shape index (κ2) is 7.49. The maximum atomic E-state index is 6.16. The van der Waals surface area contributed by atoms with E-state index in [4.69, 9.17) is 11.6 Å². The highest BCUT2D eigenvalue weighted by atomic mass is 35.5. The smallest absolute Gasteiger partial charge is 0.233 e. The fraction of sp³-hybridized carbons (Fsp3) is 0.294. The molecule has 3 heterocycles. The summed E-state index contributed by atoms with van der Waals surface area (Å²) >= 11 is 6.16. The first-order valence-corrected chi connectivity index (χ1v) is 8.16. The molecule has 1 fully saturated rings. The fourth-order valence-electron chi connectivity index (χ4n) is 3.14. The summed E-state index contributed by atoms with van der Waals surface area (Å²) in [6.07, 6.45) is 5.80. The van der Waals surface area contributed by atoms with Crippen LogP contribution in [0.5, 0.6) is 0 Å². The SMILES string of the molecule is Cl.Clc1cccc(C2CNCCN2Cc2cn3cccnc3n2)c1. The molecule has 0 aliphatic carbocycles. The predicted molar refractivity (Wildman–Crippen MR) is 97.7 cm³/mol. The number of halogens is 2. The molecule has 0 bridgehead atoms. The summed E-state index contributed by atoms with van der Waals surface area (Å²) in [6, 6.07) is 10.3. The van der Waals surface area contributed by atoms with Crippen LogP contribution in [0.25, 0.3) is 5.78 Å². The molecular formula is C17H19Cl2N5. The van der Waals surface area contributed by atoms with Gasteiger partial charge in [-0.3, -0.25) is 9.30 Å². The van der Waals surface area contributed by atoms with Crippen LogP contribution in [0.2, 0.25) is 5.02 Å². The average Bonchev–Trinajstić information content (AvgIpc) is 2.97. The first-order valence-electron chi connectivity index (χ1n) is 7.78. The summed E-state index contributed by atoms with van der Waals surface area (Å²) in [7, 11) is 0. The minimum Gasteiger partial charge on any atom is -0.314 e. The summed E-state index contributed by atoms with van der Waals surface area (Å²) in [5, 5.41) is 4.25. The lowest BCUT2D eigenvalue weighted by Gasteiger charge is -2.36. The standard InChI is InChI=1S/C17H18ClN5.ClH/c18-14-4-1-3-13(9-14)16-10-19-6-8-22(16)11-15-12-23-7-2-5-20-17(23)21-15;/h1-5,7,9,12,16,19H,6,8,10-11H2;1H. The molecule has 5 nitrogen and oxygen atoms in total. The number of piperazine rings is 1. The van der Waals surface area contributed by atoms with E-state index < -0.39 is 0 Å². The predicted octanol–water partition coefficient (Wildman–Crippen LogP) is 2.95. The zero-order chi connectivity index (χ0) is 15.6. The van der Waals surface area contributed by atoms with Gasteiger partial charge < -0.3 is 5.32 Å². The lowest BCUT2D eigenvalue weighted by molar-refractivity contribution is 0.152. The van der Waals surface area contributed by atoms with Crippen molar-refractivity contribution in [2.75, 3.05) is 19.6 Å². The van der Waals surface area contributed by atoms with Gasteiger partial charge in [0, 0.05) is 55.8 Å². The van der Waals surface area contributed by atoms with Crippen molar-refractivity contribution >= 4 is 29.8 Å². The number of benzene rings is 1.